The average Bonchev–Trinajstić information content (AvgIpc) is 3.36. The molecule has 0 N–H and O–H groups in total. The molecule has 1 aliphatic rings. The van der Waals surface area contributed by atoms with E-state index in [0.29, 0.717) is 33.5 Å². The van der Waals surface area contributed by atoms with Crippen molar-refractivity contribution in [1.29, 1.82) is 0 Å². The van der Waals surface area contributed by atoms with Gasteiger partial charge in [-0.2, -0.15) is 0 Å². The van der Waals surface area contributed by atoms with E-state index in [2.05, 4.69) is 20.4 Å². The number of amides is 1. The number of carbonyl (C=O) groups is 1. The van der Waals surface area contributed by atoms with E-state index in [1.165, 1.54) is 11.8 Å². The van der Waals surface area contributed by atoms with Crippen LogP contribution in [0.2, 0.25) is 5.02 Å². The molecule has 1 aliphatic carbocycles. The Hall–Kier alpha value is -3.17. The van der Waals surface area contributed by atoms with Crippen LogP contribution in [0.1, 0.15) is 18.7 Å². The van der Waals surface area contributed by atoms with Gasteiger partial charge in [-0.1, -0.05) is 53.7 Å². The predicted octanol–water partition coefficient (Wildman–Crippen LogP) is 4.72. The highest BCUT2D eigenvalue weighted by Gasteiger charge is 2.34. The number of nitrogens with zero attached hydrogens (tertiary/aromatic N) is 5. The molecule has 1 amide bonds. The molecule has 2 aromatic heterocycles. The molecule has 1 saturated carbocycles. The smallest absolute Gasteiger partial charge is 0.277 e. The normalized spacial score (nSPS) is 13.3. The maximum Gasteiger partial charge on any atom is 0.277 e. The van der Waals surface area contributed by atoms with Crippen LogP contribution in [0, 0.1) is 0 Å². The van der Waals surface area contributed by atoms with E-state index in [1.54, 1.807) is 11.0 Å². The van der Waals surface area contributed by atoms with E-state index < -0.39 is 0 Å². The number of hydrogen-bond donors (Lipinski definition) is 0. The molecule has 0 unspecified atom stereocenters. The number of carbonyl (C=O) groups excluding carboxylic acids is 1. The summed E-state index contributed by atoms with van der Waals surface area (Å²) >= 11 is 7.43. The molecule has 0 bridgehead atoms. The summed E-state index contributed by atoms with van der Waals surface area (Å²) in [7, 11) is 0. The van der Waals surface area contributed by atoms with Crippen LogP contribution in [0.3, 0.4) is 0 Å². The van der Waals surface area contributed by atoms with Gasteiger partial charge < -0.3 is 13.7 Å². The maximum absolute atomic E-state index is 12.9. The lowest BCUT2D eigenvalue weighted by Gasteiger charge is -2.19. The molecule has 1 fully saturated rings. The SMILES string of the molecule is O=C(CSc1nnc(-c2ccccc2)o1)N(Cc1nnc(-c2ccccc2Cl)o1)C1CC1. The minimum Gasteiger partial charge on any atom is -0.419 e. The number of hydrogen-bond acceptors (Lipinski definition) is 8. The lowest BCUT2D eigenvalue weighted by Crippen LogP contribution is -2.34. The van der Waals surface area contributed by atoms with Gasteiger partial charge >= 0.3 is 0 Å². The molecule has 0 atom stereocenters. The Labute approximate surface area is 193 Å². The Morgan fingerprint density at radius 2 is 1.72 bits per heavy atom. The Kier molecular flexibility index (Phi) is 5.91. The molecule has 0 spiro atoms. The van der Waals surface area contributed by atoms with Crippen molar-refractivity contribution in [2.75, 3.05) is 5.75 Å². The molecule has 0 aliphatic heterocycles. The number of rotatable bonds is 8. The van der Waals surface area contributed by atoms with Crippen molar-refractivity contribution in [2.24, 2.45) is 0 Å². The summed E-state index contributed by atoms with van der Waals surface area (Å²) in [5.74, 6) is 1.27. The lowest BCUT2D eigenvalue weighted by atomic mass is 10.2. The summed E-state index contributed by atoms with van der Waals surface area (Å²) in [6, 6.07) is 16.9. The fraction of sp³-hybridized carbons (Fsp3) is 0.227. The minimum absolute atomic E-state index is 0.0468. The Balaban J connectivity index is 1.23. The summed E-state index contributed by atoms with van der Waals surface area (Å²) in [5, 5.41) is 17.2. The van der Waals surface area contributed by atoms with Gasteiger partial charge in [0.15, 0.2) is 0 Å². The first kappa shape index (κ1) is 20.7. The quantitative estimate of drug-likeness (QED) is 0.343. The van der Waals surface area contributed by atoms with Crippen LogP contribution in [-0.2, 0) is 11.3 Å². The van der Waals surface area contributed by atoms with Crippen molar-refractivity contribution in [3.05, 3.63) is 65.5 Å². The average molecular weight is 468 g/mol. The molecule has 8 nitrogen and oxygen atoms in total. The van der Waals surface area contributed by atoms with Gasteiger partial charge in [-0.3, -0.25) is 4.79 Å². The third kappa shape index (κ3) is 4.68. The van der Waals surface area contributed by atoms with Crippen LogP contribution in [0.15, 0.2) is 68.7 Å². The summed E-state index contributed by atoms with van der Waals surface area (Å²) < 4.78 is 11.5. The van der Waals surface area contributed by atoms with Gasteiger partial charge in [-0.15, -0.1) is 20.4 Å². The van der Waals surface area contributed by atoms with E-state index in [-0.39, 0.29) is 24.2 Å². The monoisotopic (exact) mass is 467 g/mol. The molecular formula is C22H18ClN5O3S. The largest absolute Gasteiger partial charge is 0.419 e. The number of halogens is 1. The van der Waals surface area contributed by atoms with Crippen LogP contribution in [0.4, 0.5) is 0 Å². The summed E-state index contributed by atoms with van der Waals surface area (Å²) in [6.07, 6.45) is 1.92. The highest BCUT2D eigenvalue weighted by Crippen LogP contribution is 2.31. The first-order chi connectivity index (χ1) is 15.7. The highest BCUT2D eigenvalue weighted by molar-refractivity contribution is 7.99. The second-order valence-electron chi connectivity index (χ2n) is 7.26. The number of aromatic nitrogens is 4. The van der Waals surface area contributed by atoms with Gasteiger partial charge in [0.25, 0.3) is 5.22 Å². The molecular weight excluding hydrogens is 450 g/mol. The van der Waals surface area contributed by atoms with Crippen LogP contribution < -0.4 is 0 Å². The molecule has 4 aromatic rings. The maximum atomic E-state index is 12.9. The summed E-state index contributed by atoms with van der Waals surface area (Å²) in [5.41, 5.74) is 1.50. The molecule has 5 rings (SSSR count). The molecule has 0 radical (unpaired) electrons. The zero-order valence-electron chi connectivity index (χ0n) is 16.8. The summed E-state index contributed by atoms with van der Waals surface area (Å²) in [6.45, 7) is 0.251. The number of thioether (sulfide) groups is 1. The molecule has 0 saturated heterocycles. The van der Waals surface area contributed by atoms with Gasteiger partial charge in [-0.25, -0.2) is 0 Å². The van der Waals surface area contributed by atoms with Crippen LogP contribution in [0.5, 0.6) is 0 Å². The molecule has 10 heteroatoms. The van der Waals surface area contributed by atoms with E-state index in [0.717, 1.165) is 18.4 Å². The first-order valence-corrected chi connectivity index (χ1v) is 11.4. The fourth-order valence-corrected chi connectivity index (χ4v) is 4.05. The van der Waals surface area contributed by atoms with Crippen LogP contribution in [0.25, 0.3) is 22.9 Å². The van der Waals surface area contributed by atoms with E-state index in [9.17, 15) is 4.79 Å². The third-order valence-electron chi connectivity index (χ3n) is 4.93. The number of benzene rings is 2. The van der Waals surface area contributed by atoms with Crippen molar-refractivity contribution < 1.29 is 13.6 Å². The Bertz CT molecular complexity index is 1230. The van der Waals surface area contributed by atoms with Crippen molar-refractivity contribution in [1.82, 2.24) is 25.3 Å². The summed E-state index contributed by atoms with van der Waals surface area (Å²) in [4.78, 5) is 14.7. The van der Waals surface area contributed by atoms with E-state index in [1.807, 2.05) is 48.5 Å². The molecule has 2 aromatic carbocycles. The van der Waals surface area contributed by atoms with Crippen LogP contribution >= 0.6 is 23.4 Å². The van der Waals surface area contributed by atoms with Crippen molar-refractivity contribution in [3.8, 4) is 22.9 Å². The van der Waals surface area contributed by atoms with Gasteiger partial charge in [0.2, 0.25) is 23.6 Å². The van der Waals surface area contributed by atoms with Crippen molar-refractivity contribution >= 4 is 29.3 Å². The standard InChI is InChI=1S/C22H18ClN5O3S/c23-17-9-5-4-8-16(17)21-26-24-18(30-21)12-28(15-10-11-15)19(29)13-32-22-27-25-20(31-22)14-6-2-1-3-7-14/h1-9,15H,10-13H2. The highest BCUT2D eigenvalue weighted by atomic mass is 35.5. The van der Waals surface area contributed by atoms with Crippen molar-refractivity contribution in [2.45, 2.75) is 30.7 Å². The second kappa shape index (κ2) is 9.13. The van der Waals surface area contributed by atoms with E-state index in [4.69, 9.17) is 20.4 Å². The zero-order valence-corrected chi connectivity index (χ0v) is 18.4. The Morgan fingerprint density at radius 3 is 2.50 bits per heavy atom. The fourth-order valence-electron chi connectivity index (χ4n) is 3.19. The predicted molar refractivity (Wildman–Crippen MR) is 119 cm³/mol. The lowest BCUT2D eigenvalue weighted by molar-refractivity contribution is -0.129. The Morgan fingerprint density at radius 1 is 0.969 bits per heavy atom. The van der Waals surface area contributed by atoms with Gasteiger partial charge in [0.1, 0.15) is 0 Å². The van der Waals surface area contributed by atoms with E-state index >= 15 is 0 Å². The third-order valence-corrected chi connectivity index (χ3v) is 6.06. The van der Waals surface area contributed by atoms with Crippen molar-refractivity contribution in [3.63, 3.8) is 0 Å². The topological polar surface area (TPSA) is 98.2 Å². The van der Waals surface area contributed by atoms with Gasteiger partial charge in [0.05, 0.1) is 22.9 Å². The molecule has 2 heterocycles. The van der Waals surface area contributed by atoms with Gasteiger partial charge in [-0.05, 0) is 37.1 Å². The second-order valence-corrected chi connectivity index (χ2v) is 8.60. The van der Waals surface area contributed by atoms with Gasteiger partial charge in [0, 0.05) is 11.6 Å². The minimum atomic E-state index is -0.0468. The first-order valence-electron chi connectivity index (χ1n) is 10.1. The van der Waals surface area contributed by atoms with Crippen LogP contribution in [-0.4, -0.2) is 43.0 Å². The molecule has 32 heavy (non-hydrogen) atoms. The molecule has 162 valence electrons. The zero-order chi connectivity index (χ0) is 21.9.